The van der Waals surface area contributed by atoms with Crippen LogP contribution in [0.5, 0.6) is 0 Å². The Morgan fingerprint density at radius 1 is 1.15 bits per heavy atom. The van der Waals surface area contributed by atoms with Gasteiger partial charge in [-0.2, -0.15) is 0 Å². The molecule has 1 aromatic carbocycles. The Hall–Kier alpha value is -2.27. The van der Waals surface area contributed by atoms with E-state index in [-0.39, 0.29) is 30.1 Å². The summed E-state index contributed by atoms with van der Waals surface area (Å²) >= 11 is 13.8. The van der Waals surface area contributed by atoms with Gasteiger partial charge in [-0.1, -0.05) is 53.2 Å². The number of anilines is 1. The Labute approximate surface area is 210 Å². The molecule has 0 aliphatic heterocycles. The van der Waals surface area contributed by atoms with E-state index in [0.29, 0.717) is 38.6 Å². The van der Waals surface area contributed by atoms with Crippen LogP contribution in [0, 0.1) is 5.92 Å². The molecule has 2 aliphatic rings. The van der Waals surface area contributed by atoms with Gasteiger partial charge in [0.1, 0.15) is 11.8 Å². The Morgan fingerprint density at radius 2 is 1.97 bits per heavy atom. The van der Waals surface area contributed by atoms with E-state index >= 15 is 0 Å². The molecular formula is C22H24Cl2N6O3S. The number of hydrogen-bond donors (Lipinski definition) is 4. The minimum absolute atomic E-state index is 0.145. The molecule has 4 N–H and O–H groups in total. The molecule has 4 atom stereocenters. The lowest BCUT2D eigenvalue weighted by Crippen LogP contribution is -2.14. The van der Waals surface area contributed by atoms with Crippen LogP contribution in [-0.2, 0) is 0 Å². The highest BCUT2D eigenvalue weighted by atomic mass is 35.5. The standard InChI is InChI=1S/C22H24Cl2N6O3S/c1-2-5-34-22-26-20(25-15-8-12(15)10-3-4-13(23)14(24)6-10)17-21(27-22)30(29-28-17)16-7-11(9-31)18(32)19(16)33/h3-4,6,11-12,15-16,31-33H,2,5,7-9H2,1H3,(H,25,26,27)/t11-,12+,15+,16-/m0/s1. The molecule has 5 rings (SSSR count). The highest BCUT2D eigenvalue weighted by Crippen LogP contribution is 2.45. The first kappa shape index (κ1) is 23.5. The van der Waals surface area contributed by atoms with Crippen molar-refractivity contribution in [3.8, 4) is 0 Å². The summed E-state index contributed by atoms with van der Waals surface area (Å²) < 4.78 is 1.50. The van der Waals surface area contributed by atoms with Gasteiger partial charge in [0.25, 0.3) is 0 Å². The first-order chi connectivity index (χ1) is 16.4. The molecule has 0 unspecified atom stereocenters. The van der Waals surface area contributed by atoms with Gasteiger partial charge in [-0.05, 0) is 37.0 Å². The Morgan fingerprint density at radius 3 is 2.68 bits per heavy atom. The third kappa shape index (κ3) is 4.28. The summed E-state index contributed by atoms with van der Waals surface area (Å²) in [5.74, 6) is 0.716. The quantitative estimate of drug-likeness (QED) is 0.241. The third-order valence-electron chi connectivity index (χ3n) is 6.21. The zero-order chi connectivity index (χ0) is 24.0. The van der Waals surface area contributed by atoms with Crippen molar-refractivity contribution in [2.75, 3.05) is 17.7 Å². The lowest BCUT2D eigenvalue weighted by atomic mass is 10.1. The maximum absolute atomic E-state index is 10.5. The van der Waals surface area contributed by atoms with E-state index in [1.54, 1.807) is 6.07 Å². The molecule has 9 nitrogen and oxygen atoms in total. The van der Waals surface area contributed by atoms with Crippen LogP contribution >= 0.6 is 35.0 Å². The highest BCUT2D eigenvalue weighted by Gasteiger charge is 2.40. The summed E-state index contributed by atoms with van der Waals surface area (Å²) in [6.45, 7) is 1.82. The van der Waals surface area contributed by atoms with Gasteiger partial charge in [-0.15, -0.1) is 5.10 Å². The fourth-order valence-corrected chi connectivity index (χ4v) is 5.27. The summed E-state index contributed by atoms with van der Waals surface area (Å²) in [5.41, 5.74) is 2.05. The molecule has 2 heterocycles. The second-order valence-electron chi connectivity index (χ2n) is 8.58. The smallest absolute Gasteiger partial charge is 0.191 e. The first-order valence-corrected chi connectivity index (χ1v) is 12.8. The summed E-state index contributed by atoms with van der Waals surface area (Å²) in [6.07, 6.45) is 2.18. The Kier molecular flexibility index (Phi) is 6.49. The molecular weight excluding hydrogens is 499 g/mol. The summed E-state index contributed by atoms with van der Waals surface area (Å²) in [6, 6.07) is 5.17. The number of rotatable bonds is 8. The predicted molar refractivity (Wildman–Crippen MR) is 132 cm³/mol. The summed E-state index contributed by atoms with van der Waals surface area (Å²) in [7, 11) is 0. The number of aliphatic hydroxyl groups is 3. The van der Waals surface area contributed by atoms with E-state index in [4.69, 9.17) is 28.2 Å². The summed E-state index contributed by atoms with van der Waals surface area (Å²) in [5, 5.41) is 43.8. The average Bonchev–Trinajstić information content (AvgIpc) is 3.37. The molecule has 1 fully saturated rings. The number of aromatic nitrogens is 5. The molecule has 0 spiro atoms. The van der Waals surface area contributed by atoms with Gasteiger partial charge in [0.05, 0.1) is 16.7 Å². The lowest BCUT2D eigenvalue weighted by molar-refractivity contribution is 0.201. The van der Waals surface area contributed by atoms with Crippen LogP contribution in [0.3, 0.4) is 0 Å². The minimum atomic E-state index is -0.654. The van der Waals surface area contributed by atoms with Gasteiger partial charge in [0.15, 0.2) is 27.9 Å². The fourth-order valence-electron chi connectivity index (χ4n) is 4.27. The number of thioether (sulfide) groups is 1. The van der Waals surface area contributed by atoms with Crippen LogP contribution in [0.25, 0.3) is 11.2 Å². The second-order valence-corrected chi connectivity index (χ2v) is 10.5. The van der Waals surface area contributed by atoms with Crippen molar-refractivity contribution >= 4 is 51.9 Å². The molecule has 0 bridgehead atoms. The van der Waals surface area contributed by atoms with E-state index in [2.05, 4.69) is 27.5 Å². The number of hydrogen-bond acceptors (Lipinski definition) is 9. The van der Waals surface area contributed by atoms with Crippen LogP contribution in [0.4, 0.5) is 5.82 Å². The van der Waals surface area contributed by atoms with Crippen LogP contribution in [0.1, 0.15) is 43.7 Å². The zero-order valence-corrected chi connectivity index (χ0v) is 20.6. The topological polar surface area (TPSA) is 129 Å². The van der Waals surface area contributed by atoms with Gasteiger partial charge in [0, 0.05) is 23.6 Å². The first-order valence-electron chi connectivity index (χ1n) is 11.1. The van der Waals surface area contributed by atoms with E-state index in [0.717, 1.165) is 24.2 Å². The van der Waals surface area contributed by atoms with Gasteiger partial charge in [0.2, 0.25) is 0 Å². The fraction of sp³-hybridized carbons (Fsp3) is 0.455. The van der Waals surface area contributed by atoms with Crippen molar-refractivity contribution < 1.29 is 15.3 Å². The molecule has 3 aromatic rings. The number of fused-ring (bicyclic) bond motifs is 1. The lowest BCUT2D eigenvalue weighted by Gasteiger charge is -2.13. The van der Waals surface area contributed by atoms with Gasteiger partial charge in [-0.25, -0.2) is 14.6 Å². The Bertz CT molecular complexity index is 1270. The van der Waals surface area contributed by atoms with Gasteiger partial charge >= 0.3 is 0 Å². The maximum Gasteiger partial charge on any atom is 0.191 e. The number of halogens is 2. The molecule has 2 aliphatic carbocycles. The number of nitrogens with one attached hydrogen (secondary N) is 1. The third-order valence-corrected chi connectivity index (χ3v) is 8.00. The molecule has 2 aromatic heterocycles. The number of nitrogens with zero attached hydrogens (tertiary/aromatic N) is 5. The van der Waals surface area contributed by atoms with Crippen LogP contribution in [0.15, 0.2) is 34.9 Å². The van der Waals surface area contributed by atoms with Crippen LogP contribution in [-0.4, -0.2) is 58.7 Å². The van der Waals surface area contributed by atoms with E-state index in [1.807, 2.05) is 12.1 Å². The number of aliphatic hydroxyl groups excluding tert-OH is 3. The SMILES string of the molecule is CCCSc1nc(N[C@@H]2C[C@@H]2c2ccc(Cl)c(Cl)c2)c2nnn([C@H]3C[C@@H](CO)C(O)=C3O)c2n1. The molecule has 0 saturated heterocycles. The second kappa shape index (κ2) is 9.41. The highest BCUT2D eigenvalue weighted by molar-refractivity contribution is 7.99. The maximum atomic E-state index is 10.5. The van der Waals surface area contributed by atoms with Crippen molar-refractivity contribution in [3.63, 3.8) is 0 Å². The van der Waals surface area contributed by atoms with Crippen molar-refractivity contribution in [2.45, 2.75) is 49.3 Å². The van der Waals surface area contributed by atoms with Gasteiger partial charge in [-0.3, -0.25) is 0 Å². The van der Waals surface area contributed by atoms with Crippen molar-refractivity contribution in [1.29, 1.82) is 0 Å². The molecule has 0 radical (unpaired) electrons. The van der Waals surface area contributed by atoms with Crippen molar-refractivity contribution in [2.24, 2.45) is 5.92 Å². The van der Waals surface area contributed by atoms with Gasteiger partial charge < -0.3 is 20.6 Å². The molecule has 1 saturated carbocycles. The van der Waals surface area contributed by atoms with Crippen molar-refractivity contribution in [1.82, 2.24) is 25.0 Å². The minimum Gasteiger partial charge on any atom is -0.508 e. The number of benzene rings is 1. The normalized spacial score (nSPS) is 24.2. The monoisotopic (exact) mass is 522 g/mol. The largest absolute Gasteiger partial charge is 0.508 e. The molecule has 180 valence electrons. The average molecular weight is 523 g/mol. The Balaban J connectivity index is 1.46. The van der Waals surface area contributed by atoms with Crippen LogP contribution < -0.4 is 5.32 Å². The van der Waals surface area contributed by atoms with E-state index < -0.39 is 12.0 Å². The summed E-state index contributed by atoms with van der Waals surface area (Å²) in [4.78, 5) is 9.35. The number of allylic oxidation sites excluding steroid dienone is 1. The van der Waals surface area contributed by atoms with E-state index in [9.17, 15) is 15.3 Å². The van der Waals surface area contributed by atoms with E-state index in [1.165, 1.54) is 16.4 Å². The van der Waals surface area contributed by atoms with Crippen LogP contribution in [0.2, 0.25) is 10.0 Å². The predicted octanol–water partition coefficient (Wildman–Crippen LogP) is 4.88. The molecule has 34 heavy (non-hydrogen) atoms. The zero-order valence-electron chi connectivity index (χ0n) is 18.3. The van der Waals surface area contributed by atoms with Crippen molar-refractivity contribution in [3.05, 3.63) is 45.3 Å². The molecule has 0 amide bonds. The molecule has 12 heteroatoms.